The fraction of sp³-hybridized carbons (Fsp3) is 0.190. The summed E-state index contributed by atoms with van der Waals surface area (Å²) in [6.45, 7) is 6.26. The molecule has 0 saturated heterocycles. The van der Waals surface area contributed by atoms with E-state index in [0.29, 0.717) is 11.7 Å². The van der Waals surface area contributed by atoms with Crippen LogP contribution in [-0.2, 0) is 0 Å². The zero-order valence-corrected chi connectivity index (χ0v) is 15.2. The lowest BCUT2D eigenvalue weighted by Crippen LogP contribution is -2.14. The summed E-state index contributed by atoms with van der Waals surface area (Å²) in [7, 11) is 0. The normalized spacial score (nSPS) is 10.6. The molecule has 2 aromatic carbocycles. The van der Waals surface area contributed by atoms with Gasteiger partial charge in [0, 0.05) is 11.4 Å². The third kappa shape index (κ3) is 4.25. The third-order valence-electron chi connectivity index (χ3n) is 4.01. The number of carbonyl (C=O) groups is 1. The van der Waals surface area contributed by atoms with Crippen molar-refractivity contribution in [3.63, 3.8) is 0 Å². The van der Waals surface area contributed by atoms with Crippen LogP contribution in [-0.4, -0.2) is 15.9 Å². The first-order chi connectivity index (χ1) is 12.5. The van der Waals surface area contributed by atoms with E-state index < -0.39 is 0 Å². The van der Waals surface area contributed by atoms with Crippen molar-refractivity contribution in [2.75, 3.05) is 10.6 Å². The van der Waals surface area contributed by atoms with Crippen LogP contribution in [0.5, 0.6) is 0 Å². The number of rotatable bonds is 5. The molecule has 0 unspecified atom stereocenters. The summed E-state index contributed by atoms with van der Waals surface area (Å²) >= 11 is 0. The number of aryl methyl sites for hydroxylation is 1. The van der Waals surface area contributed by atoms with Crippen LogP contribution in [0, 0.1) is 6.92 Å². The van der Waals surface area contributed by atoms with Crippen molar-refractivity contribution in [2.24, 2.45) is 0 Å². The molecule has 3 aromatic rings. The second-order valence-corrected chi connectivity index (χ2v) is 6.48. The predicted octanol–water partition coefficient (Wildman–Crippen LogP) is 4.90. The number of hydrogen-bond acceptors (Lipinski definition) is 4. The number of nitrogens with zero attached hydrogens (tertiary/aromatic N) is 2. The maximum atomic E-state index is 12.3. The van der Waals surface area contributed by atoms with E-state index in [0.717, 1.165) is 16.9 Å². The first kappa shape index (κ1) is 17.6. The number of para-hydroxylation sites is 1. The quantitative estimate of drug-likeness (QED) is 0.689. The van der Waals surface area contributed by atoms with Crippen LogP contribution in [0.3, 0.4) is 0 Å². The van der Waals surface area contributed by atoms with E-state index in [9.17, 15) is 4.79 Å². The van der Waals surface area contributed by atoms with Gasteiger partial charge in [0.2, 0.25) is 0 Å². The Hall–Kier alpha value is -3.21. The highest BCUT2D eigenvalue weighted by molar-refractivity contribution is 6.02. The predicted molar refractivity (Wildman–Crippen MR) is 105 cm³/mol. The Labute approximate surface area is 153 Å². The molecule has 1 aromatic heterocycles. The molecule has 0 saturated carbocycles. The van der Waals surface area contributed by atoms with E-state index in [1.807, 2.05) is 49.4 Å². The van der Waals surface area contributed by atoms with E-state index in [1.54, 1.807) is 6.20 Å². The van der Waals surface area contributed by atoms with Crippen LogP contribution >= 0.6 is 0 Å². The van der Waals surface area contributed by atoms with Crippen LogP contribution in [0.4, 0.5) is 17.2 Å². The van der Waals surface area contributed by atoms with Gasteiger partial charge in [-0.05, 0) is 42.2 Å². The Bertz CT molecular complexity index is 904. The van der Waals surface area contributed by atoms with Gasteiger partial charge in [-0.3, -0.25) is 4.79 Å². The lowest BCUT2D eigenvalue weighted by Gasteiger charge is -2.14. The van der Waals surface area contributed by atoms with Gasteiger partial charge >= 0.3 is 0 Å². The average Bonchev–Trinajstić information content (AvgIpc) is 2.62. The van der Waals surface area contributed by atoms with Gasteiger partial charge in [0.1, 0.15) is 11.5 Å². The summed E-state index contributed by atoms with van der Waals surface area (Å²) in [4.78, 5) is 20.9. The highest BCUT2D eigenvalue weighted by Gasteiger charge is 2.10. The van der Waals surface area contributed by atoms with Gasteiger partial charge in [0.15, 0.2) is 0 Å². The number of amides is 1. The van der Waals surface area contributed by atoms with Crippen molar-refractivity contribution in [1.29, 1.82) is 0 Å². The topological polar surface area (TPSA) is 66.9 Å². The minimum absolute atomic E-state index is 0.272. The number of hydrogen-bond donors (Lipinski definition) is 2. The largest absolute Gasteiger partial charge is 0.339 e. The third-order valence-corrected chi connectivity index (χ3v) is 4.01. The van der Waals surface area contributed by atoms with Crippen LogP contribution in [0.2, 0.25) is 0 Å². The number of carbonyl (C=O) groups excluding carboxylic acids is 1. The Morgan fingerprint density at radius 2 is 1.81 bits per heavy atom. The van der Waals surface area contributed by atoms with Gasteiger partial charge in [-0.1, -0.05) is 44.2 Å². The molecule has 5 heteroatoms. The molecule has 5 nitrogen and oxygen atoms in total. The maximum absolute atomic E-state index is 12.3. The molecule has 0 aliphatic carbocycles. The smallest absolute Gasteiger partial charge is 0.275 e. The zero-order valence-electron chi connectivity index (χ0n) is 15.2. The number of nitrogens with one attached hydrogen (secondary N) is 2. The molecule has 0 aliphatic heterocycles. The van der Waals surface area contributed by atoms with Crippen LogP contribution < -0.4 is 10.6 Å². The molecule has 2 N–H and O–H groups in total. The lowest BCUT2D eigenvalue weighted by molar-refractivity contribution is 0.102. The standard InChI is InChI=1S/C21H22N4O/c1-14(2)17-9-4-5-10-18(17)25-20-13-22-19(12-23-20)21(26)24-16-8-6-7-15(3)11-16/h4-14H,1-3H3,(H,23,25)(H,24,26). The number of aromatic nitrogens is 2. The van der Waals surface area contributed by atoms with Crippen molar-refractivity contribution < 1.29 is 4.79 Å². The Morgan fingerprint density at radius 3 is 2.50 bits per heavy atom. The van der Waals surface area contributed by atoms with Crippen LogP contribution in [0.1, 0.15) is 41.4 Å². The second-order valence-electron chi connectivity index (χ2n) is 6.48. The molecule has 0 spiro atoms. The summed E-state index contributed by atoms with van der Waals surface area (Å²) in [5, 5.41) is 6.10. The van der Waals surface area contributed by atoms with Gasteiger partial charge < -0.3 is 10.6 Å². The first-order valence-electron chi connectivity index (χ1n) is 8.59. The average molecular weight is 346 g/mol. The molecular weight excluding hydrogens is 324 g/mol. The molecule has 26 heavy (non-hydrogen) atoms. The number of anilines is 3. The van der Waals surface area contributed by atoms with Gasteiger partial charge in [-0.2, -0.15) is 0 Å². The fourth-order valence-electron chi connectivity index (χ4n) is 2.68. The Morgan fingerprint density at radius 1 is 1.00 bits per heavy atom. The van der Waals surface area contributed by atoms with Crippen molar-refractivity contribution in [3.8, 4) is 0 Å². The summed E-state index contributed by atoms with van der Waals surface area (Å²) < 4.78 is 0. The molecule has 3 rings (SSSR count). The molecule has 1 heterocycles. The first-order valence-corrected chi connectivity index (χ1v) is 8.59. The van der Waals surface area contributed by atoms with Crippen LogP contribution in [0.25, 0.3) is 0 Å². The fourth-order valence-corrected chi connectivity index (χ4v) is 2.68. The highest BCUT2D eigenvalue weighted by atomic mass is 16.1. The van der Waals surface area contributed by atoms with E-state index >= 15 is 0 Å². The molecule has 0 fully saturated rings. The Kier molecular flexibility index (Phi) is 5.27. The summed E-state index contributed by atoms with van der Waals surface area (Å²) in [5.41, 5.74) is 4.29. The molecule has 0 aliphatic rings. The molecule has 0 bridgehead atoms. The summed E-state index contributed by atoms with van der Waals surface area (Å²) in [5.74, 6) is 0.716. The summed E-state index contributed by atoms with van der Waals surface area (Å²) in [6.07, 6.45) is 3.05. The van der Waals surface area contributed by atoms with Crippen molar-refractivity contribution in [3.05, 3.63) is 77.7 Å². The SMILES string of the molecule is Cc1cccc(NC(=O)c2cnc(Nc3ccccc3C(C)C)cn2)c1. The van der Waals surface area contributed by atoms with Crippen molar-refractivity contribution in [2.45, 2.75) is 26.7 Å². The highest BCUT2D eigenvalue weighted by Crippen LogP contribution is 2.25. The van der Waals surface area contributed by atoms with E-state index in [2.05, 4.69) is 40.5 Å². The second kappa shape index (κ2) is 7.78. The molecule has 0 radical (unpaired) electrons. The van der Waals surface area contributed by atoms with E-state index in [-0.39, 0.29) is 11.6 Å². The summed E-state index contributed by atoms with van der Waals surface area (Å²) in [6, 6.07) is 15.7. The minimum Gasteiger partial charge on any atom is -0.339 e. The van der Waals surface area contributed by atoms with Gasteiger partial charge in [0.05, 0.1) is 12.4 Å². The van der Waals surface area contributed by atoms with Gasteiger partial charge in [0.25, 0.3) is 5.91 Å². The number of benzene rings is 2. The minimum atomic E-state index is -0.280. The van der Waals surface area contributed by atoms with Gasteiger partial charge in [-0.15, -0.1) is 0 Å². The molecule has 0 atom stereocenters. The lowest BCUT2D eigenvalue weighted by atomic mass is 10.0. The molecular formula is C21H22N4O. The van der Waals surface area contributed by atoms with E-state index in [1.165, 1.54) is 11.8 Å². The maximum Gasteiger partial charge on any atom is 0.275 e. The molecule has 132 valence electrons. The van der Waals surface area contributed by atoms with Gasteiger partial charge in [-0.25, -0.2) is 9.97 Å². The Balaban J connectivity index is 1.71. The van der Waals surface area contributed by atoms with Crippen molar-refractivity contribution >= 4 is 23.1 Å². The molecule has 1 amide bonds. The zero-order chi connectivity index (χ0) is 18.5. The van der Waals surface area contributed by atoms with Crippen LogP contribution in [0.15, 0.2) is 60.9 Å². The van der Waals surface area contributed by atoms with Crippen molar-refractivity contribution in [1.82, 2.24) is 9.97 Å². The monoisotopic (exact) mass is 346 g/mol. The van der Waals surface area contributed by atoms with E-state index in [4.69, 9.17) is 0 Å².